The van der Waals surface area contributed by atoms with Gasteiger partial charge in [0, 0.05) is 6.42 Å². The van der Waals surface area contributed by atoms with E-state index in [1.807, 2.05) is 27.2 Å². The van der Waals surface area contributed by atoms with Crippen molar-refractivity contribution in [2.75, 3.05) is 40.9 Å². The van der Waals surface area contributed by atoms with Crippen molar-refractivity contribution >= 4 is 13.7 Å². The smallest absolute Gasteiger partial charge is 0.387 e. The summed E-state index contributed by atoms with van der Waals surface area (Å²) in [6, 6.07) is -0.863. The topological polar surface area (TPSA) is 105 Å². The number of nitrogens with one attached hydrogen (secondary N) is 1. The number of carbonyl (C=O) groups is 1. The van der Waals surface area contributed by atoms with Crippen molar-refractivity contribution < 1.29 is 32.9 Å². The van der Waals surface area contributed by atoms with Gasteiger partial charge in [0.1, 0.15) is 13.2 Å². The van der Waals surface area contributed by atoms with Gasteiger partial charge in [0.25, 0.3) is 0 Å². The van der Waals surface area contributed by atoms with E-state index in [1.54, 1.807) is 6.08 Å². The predicted octanol–water partition coefficient (Wildman–Crippen LogP) is 9.96. The number of phosphoric acid groups is 1. The summed E-state index contributed by atoms with van der Waals surface area (Å²) in [7, 11) is 1.54. The lowest BCUT2D eigenvalue weighted by atomic mass is 10.0. The Hall–Kier alpha value is -1.28. The van der Waals surface area contributed by atoms with Gasteiger partial charge in [-0.15, -0.1) is 0 Å². The number of quaternary nitrogens is 1. The molecular weight excluding hydrogens is 623 g/mol. The molecule has 0 saturated carbocycles. The molecule has 0 aromatic carbocycles. The van der Waals surface area contributed by atoms with Crippen molar-refractivity contribution in [3.63, 3.8) is 0 Å². The van der Waals surface area contributed by atoms with Crippen LogP contribution in [0.1, 0.15) is 155 Å². The Labute approximate surface area is 296 Å². The number of unbranched alkanes of at least 4 members (excludes halogenated alkanes) is 17. The van der Waals surface area contributed by atoms with E-state index >= 15 is 0 Å². The molecule has 0 saturated heterocycles. The molecule has 9 heteroatoms. The van der Waals surface area contributed by atoms with Gasteiger partial charge in [0.15, 0.2) is 0 Å². The third-order valence-electron chi connectivity index (χ3n) is 8.34. The summed E-state index contributed by atoms with van der Waals surface area (Å²) >= 11 is 0. The minimum absolute atomic E-state index is 0.0541. The van der Waals surface area contributed by atoms with Gasteiger partial charge in [-0.1, -0.05) is 140 Å². The molecule has 0 fully saturated rings. The first kappa shape index (κ1) is 46.7. The molecule has 0 rings (SSSR count). The van der Waals surface area contributed by atoms with Crippen LogP contribution in [0.25, 0.3) is 0 Å². The minimum Gasteiger partial charge on any atom is -0.387 e. The van der Waals surface area contributed by atoms with E-state index in [4.69, 9.17) is 9.05 Å². The van der Waals surface area contributed by atoms with E-state index in [-0.39, 0.29) is 19.1 Å². The van der Waals surface area contributed by atoms with E-state index in [1.165, 1.54) is 83.5 Å². The van der Waals surface area contributed by atoms with E-state index in [2.05, 4.69) is 43.5 Å². The number of hydrogen-bond donors (Lipinski definition) is 3. The highest BCUT2D eigenvalue weighted by atomic mass is 31.2. The second-order valence-electron chi connectivity index (χ2n) is 14.3. The molecule has 3 atom stereocenters. The van der Waals surface area contributed by atoms with E-state index in [0.29, 0.717) is 17.4 Å². The number of allylic oxidation sites excluding steroid dienone is 5. The molecule has 8 nitrogen and oxygen atoms in total. The van der Waals surface area contributed by atoms with Gasteiger partial charge >= 0.3 is 7.82 Å². The van der Waals surface area contributed by atoms with Crippen LogP contribution in [0.4, 0.5) is 0 Å². The van der Waals surface area contributed by atoms with Gasteiger partial charge in [-0.25, -0.2) is 4.57 Å². The Morgan fingerprint density at radius 1 is 0.688 bits per heavy atom. The molecular formula is C39H76N2O6P+. The molecule has 0 aliphatic heterocycles. The van der Waals surface area contributed by atoms with Crippen LogP contribution in [0.15, 0.2) is 36.5 Å². The average molecular weight is 700 g/mol. The maximum atomic E-state index is 12.8. The average Bonchev–Trinajstić information content (AvgIpc) is 3.02. The molecule has 0 aliphatic rings. The molecule has 0 aromatic heterocycles. The van der Waals surface area contributed by atoms with Crippen molar-refractivity contribution in [2.24, 2.45) is 0 Å². The Morgan fingerprint density at radius 2 is 1.15 bits per heavy atom. The number of aliphatic hydroxyl groups is 1. The molecule has 0 aliphatic carbocycles. The second-order valence-corrected chi connectivity index (χ2v) is 15.7. The monoisotopic (exact) mass is 700 g/mol. The fraction of sp³-hybridized carbons (Fsp3) is 0.821. The number of likely N-dealkylation sites (N-methyl/N-ethyl adjacent to an activating group) is 1. The first-order valence-electron chi connectivity index (χ1n) is 19.4. The van der Waals surface area contributed by atoms with Crippen LogP contribution >= 0.6 is 7.82 Å². The molecule has 0 heterocycles. The first-order chi connectivity index (χ1) is 23.0. The standard InChI is InChI=1S/C39H75N2O6P/c1-6-8-10-12-14-16-18-20-22-24-26-28-30-32-38(42)37(36-47-48(44,45)46-35-34-41(3,4)5)40-39(43)33-31-29-27-25-23-21-19-17-15-13-11-9-7-2/h14,16,22,24,30,32,37-38,42H,6-13,15,17-21,23,25-29,31,33-36H2,1-5H3,(H-,40,43,44,45)/p+1/b16-14+,24-22+,32-30+. The molecule has 0 bridgehead atoms. The highest BCUT2D eigenvalue weighted by molar-refractivity contribution is 7.47. The lowest BCUT2D eigenvalue weighted by Gasteiger charge is -2.25. The third-order valence-corrected chi connectivity index (χ3v) is 9.32. The largest absolute Gasteiger partial charge is 0.472 e. The molecule has 3 unspecified atom stereocenters. The van der Waals surface area contributed by atoms with Crippen LogP contribution in [-0.2, 0) is 18.4 Å². The van der Waals surface area contributed by atoms with Crippen molar-refractivity contribution in [1.29, 1.82) is 0 Å². The summed E-state index contributed by atoms with van der Waals surface area (Å²) in [5.41, 5.74) is 0. The molecule has 3 N–H and O–H groups in total. The van der Waals surface area contributed by atoms with Gasteiger partial charge in [-0.2, -0.15) is 0 Å². The Kier molecular flexibility index (Phi) is 30.8. The third kappa shape index (κ3) is 33.2. The fourth-order valence-corrected chi connectivity index (χ4v) is 5.92. The van der Waals surface area contributed by atoms with E-state index in [9.17, 15) is 19.4 Å². The number of hydrogen-bond acceptors (Lipinski definition) is 5. The van der Waals surface area contributed by atoms with Crippen molar-refractivity contribution in [2.45, 2.75) is 167 Å². The predicted molar refractivity (Wildman–Crippen MR) is 203 cm³/mol. The van der Waals surface area contributed by atoms with Crippen LogP contribution < -0.4 is 5.32 Å². The van der Waals surface area contributed by atoms with Crippen molar-refractivity contribution in [3.8, 4) is 0 Å². The van der Waals surface area contributed by atoms with Crippen LogP contribution in [0.5, 0.6) is 0 Å². The zero-order valence-electron chi connectivity index (χ0n) is 31.7. The van der Waals surface area contributed by atoms with Gasteiger partial charge < -0.3 is 19.8 Å². The van der Waals surface area contributed by atoms with E-state index in [0.717, 1.165) is 51.4 Å². The number of aliphatic hydroxyl groups excluding tert-OH is 1. The first-order valence-corrected chi connectivity index (χ1v) is 20.9. The van der Waals surface area contributed by atoms with Crippen LogP contribution in [0.3, 0.4) is 0 Å². The molecule has 0 radical (unpaired) electrons. The van der Waals surface area contributed by atoms with Crippen LogP contribution in [-0.4, -0.2) is 73.4 Å². The number of phosphoric ester groups is 1. The molecule has 1 amide bonds. The lowest BCUT2D eigenvalue weighted by Crippen LogP contribution is -2.45. The van der Waals surface area contributed by atoms with E-state index < -0.39 is 20.0 Å². The fourth-order valence-electron chi connectivity index (χ4n) is 5.19. The van der Waals surface area contributed by atoms with Gasteiger partial charge in [0.05, 0.1) is 39.9 Å². The van der Waals surface area contributed by atoms with Gasteiger partial charge in [0.2, 0.25) is 5.91 Å². The quantitative estimate of drug-likeness (QED) is 0.0267. The number of carbonyl (C=O) groups excluding carboxylic acids is 1. The lowest BCUT2D eigenvalue weighted by molar-refractivity contribution is -0.870. The van der Waals surface area contributed by atoms with Gasteiger partial charge in [-0.3, -0.25) is 13.8 Å². The Bertz CT molecular complexity index is 886. The summed E-state index contributed by atoms with van der Waals surface area (Å²) in [5.74, 6) is -0.194. The normalized spacial score (nSPS) is 15.1. The maximum absolute atomic E-state index is 12.8. The summed E-state index contributed by atoms with van der Waals surface area (Å²) in [4.78, 5) is 23.0. The van der Waals surface area contributed by atoms with Gasteiger partial charge in [-0.05, 0) is 44.9 Å². The number of nitrogens with zero attached hydrogens (tertiary/aromatic N) is 1. The summed E-state index contributed by atoms with van der Waals surface area (Å²) in [5, 5.41) is 13.7. The highest BCUT2D eigenvalue weighted by Crippen LogP contribution is 2.43. The number of amides is 1. The zero-order chi connectivity index (χ0) is 35.8. The second kappa shape index (κ2) is 31.7. The van der Waals surface area contributed by atoms with Crippen molar-refractivity contribution in [3.05, 3.63) is 36.5 Å². The summed E-state index contributed by atoms with van der Waals surface area (Å²) in [6.45, 7) is 4.72. The van der Waals surface area contributed by atoms with Crippen LogP contribution in [0, 0.1) is 0 Å². The maximum Gasteiger partial charge on any atom is 0.472 e. The number of rotatable bonds is 34. The Morgan fingerprint density at radius 3 is 1.67 bits per heavy atom. The molecule has 48 heavy (non-hydrogen) atoms. The summed E-state index contributed by atoms with van der Waals surface area (Å²) in [6.07, 6.45) is 36.3. The molecule has 282 valence electrons. The van der Waals surface area contributed by atoms with Crippen LogP contribution in [0.2, 0.25) is 0 Å². The molecule has 0 aromatic rings. The van der Waals surface area contributed by atoms with Crippen molar-refractivity contribution in [1.82, 2.24) is 5.32 Å². The highest BCUT2D eigenvalue weighted by Gasteiger charge is 2.27. The Balaban J connectivity index is 4.61. The summed E-state index contributed by atoms with van der Waals surface area (Å²) < 4.78 is 23.4. The zero-order valence-corrected chi connectivity index (χ0v) is 32.6. The molecule has 0 spiro atoms. The minimum atomic E-state index is -4.34. The SMILES string of the molecule is CCCCC/C=C/CC/C=C/CC/C=C/C(O)C(COP(=O)(O)OCC[N+](C)(C)C)NC(=O)CCCCCCCCCCCCCCC.